The van der Waals surface area contributed by atoms with Gasteiger partial charge in [-0.3, -0.25) is 9.59 Å². The van der Waals surface area contributed by atoms with Crippen LogP contribution in [0.5, 0.6) is 0 Å². The van der Waals surface area contributed by atoms with E-state index in [0.29, 0.717) is 24.6 Å². The minimum Gasteiger partial charge on any atom is -0.381 e. The molecule has 1 rings (SSSR count). The Morgan fingerprint density at radius 3 is 2.35 bits per heavy atom. The average Bonchev–Trinajstić information content (AvgIpc) is 2.47. The summed E-state index contributed by atoms with van der Waals surface area (Å²) >= 11 is 0. The van der Waals surface area contributed by atoms with Crippen LogP contribution in [0.15, 0.2) is 18.2 Å². The van der Waals surface area contributed by atoms with E-state index in [1.807, 2.05) is 32.0 Å². The van der Waals surface area contributed by atoms with E-state index < -0.39 is 0 Å². The van der Waals surface area contributed by atoms with Gasteiger partial charge in [-0.1, -0.05) is 31.0 Å². The smallest absolute Gasteiger partial charge is 0.251 e. The normalized spacial score (nSPS) is 10.7. The van der Waals surface area contributed by atoms with E-state index in [1.54, 1.807) is 0 Å². The number of carbonyl (C=O) groups excluding carboxylic acids is 2. The second-order valence-electron chi connectivity index (χ2n) is 6.23. The van der Waals surface area contributed by atoms with Crippen molar-refractivity contribution in [1.29, 1.82) is 0 Å². The summed E-state index contributed by atoms with van der Waals surface area (Å²) in [5.74, 6) is 0.101. The molecule has 0 aliphatic carbocycles. The summed E-state index contributed by atoms with van der Waals surface area (Å²) in [6, 6.07) is 5.63. The van der Waals surface area contributed by atoms with E-state index in [0.717, 1.165) is 24.2 Å². The van der Waals surface area contributed by atoms with Gasteiger partial charge >= 0.3 is 0 Å². The maximum atomic E-state index is 12.0. The van der Waals surface area contributed by atoms with Crippen molar-refractivity contribution in [3.8, 4) is 0 Å². The number of aryl methyl sites for hydroxylation is 2. The van der Waals surface area contributed by atoms with E-state index in [1.165, 1.54) is 0 Å². The third-order valence-corrected chi connectivity index (χ3v) is 3.13. The fourth-order valence-electron chi connectivity index (χ4n) is 2.15. The summed E-state index contributed by atoms with van der Waals surface area (Å²) in [6.07, 6.45) is 0.767. The summed E-state index contributed by atoms with van der Waals surface area (Å²) in [5.41, 5.74) is 2.64. The van der Waals surface area contributed by atoms with Gasteiger partial charge in [-0.25, -0.2) is 0 Å². The maximum Gasteiger partial charge on any atom is 0.251 e. The van der Waals surface area contributed by atoms with Crippen molar-refractivity contribution in [2.24, 2.45) is 5.92 Å². The van der Waals surface area contributed by atoms with E-state index in [2.05, 4.69) is 24.5 Å². The molecule has 23 heavy (non-hydrogen) atoms. The molecule has 0 saturated heterocycles. The summed E-state index contributed by atoms with van der Waals surface area (Å²) in [5, 5.41) is 5.40. The Labute approximate surface area is 138 Å². The number of amides is 2. The van der Waals surface area contributed by atoms with Crippen LogP contribution in [0.1, 0.15) is 41.8 Å². The molecular weight excluding hydrogens is 292 g/mol. The van der Waals surface area contributed by atoms with Crippen LogP contribution in [-0.2, 0) is 9.53 Å². The molecular formula is C18H28N2O3. The molecule has 0 spiro atoms. The quantitative estimate of drug-likeness (QED) is 0.686. The average molecular weight is 320 g/mol. The predicted molar refractivity (Wildman–Crippen MR) is 91.5 cm³/mol. The van der Waals surface area contributed by atoms with Crippen LogP contribution in [0.2, 0.25) is 0 Å². The second kappa shape index (κ2) is 10.0. The number of rotatable bonds is 9. The molecule has 0 unspecified atom stereocenters. The van der Waals surface area contributed by atoms with Gasteiger partial charge in [0.15, 0.2) is 0 Å². The van der Waals surface area contributed by atoms with Crippen LogP contribution in [0, 0.1) is 19.8 Å². The third kappa shape index (κ3) is 8.35. The maximum absolute atomic E-state index is 12.0. The number of hydrogen-bond donors (Lipinski definition) is 2. The zero-order valence-electron chi connectivity index (χ0n) is 14.6. The largest absolute Gasteiger partial charge is 0.381 e. The third-order valence-electron chi connectivity index (χ3n) is 3.13. The van der Waals surface area contributed by atoms with Crippen molar-refractivity contribution in [1.82, 2.24) is 10.6 Å². The van der Waals surface area contributed by atoms with Crippen molar-refractivity contribution < 1.29 is 14.3 Å². The lowest BCUT2D eigenvalue weighted by Crippen LogP contribution is -2.37. The Morgan fingerprint density at radius 1 is 1.09 bits per heavy atom. The summed E-state index contributed by atoms with van der Waals surface area (Å²) in [6.45, 7) is 9.98. The second-order valence-corrected chi connectivity index (χ2v) is 6.23. The Balaban J connectivity index is 2.21. The minimum atomic E-state index is -0.229. The van der Waals surface area contributed by atoms with Gasteiger partial charge in [0.2, 0.25) is 5.91 Å². The molecule has 0 aliphatic rings. The van der Waals surface area contributed by atoms with E-state index in [4.69, 9.17) is 4.74 Å². The molecule has 1 aromatic carbocycles. The van der Waals surface area contributed by atoms with Crippen molar-refractivity contribution in [2.45, 2.75) is 34.1 Å². The number of ether oxygens (including phenoxy) is 1. The Kier molecular flexibility index (Phi) is 8.33. The van der Waals surface area contributed by atoms with Gasteiger partial charge in [-0.2, -0.15) is 0 Å². The highest BCUT2D eigenvalue weighted by molar-refractivity contribution is 5.96. The van der Waals surface area contributed by atoms with Gasteiger partial charge in [0, 0.05) is 25.3 Å². The molecule has 0 aliphatic heterocycles. The molecule has 1 aromatic rings. The number of hydrogen-bond acceptors (Lipinski definition) is 3. The lowest BCUT2D eigenvalue weighted by molar-refractivity contribution is -0.120. The van der Waals surface area contributed by atoms with Crippen LogP contribution in [0.25, 0.3) is 0 Å². The Hall–Kier alpha value is -1.88. The van der Waals surface area contributed by atoms with E-state index in [-0.39, 0.29) is 18.4 Å². The van der Waals surface area contributed by atoms with Crippen LogP contribution < -0.4 is 10.6 Å². The van der Waals surface area contributed by atoms with Gasteiger partial charge in [0.25, 0.3) is 5.91 Å². The molecule has 128 valence electrons. The van der Waals surface area contributed by atoms with Gasteiger partial charge in [0.05, 0.1) is 6.54 Å². The molecule has 0 heterocycles. The van der Waals surface area contributed by atoms with Crippen molar-refractivity contribution in [2.75, 3.05) is 26.3 Å². The molecule has 0 bridgehead atoms. The molecule has 0 atom stereocenters. The zero-order chi connectivity index (χ0) is 17.2. The molecule has 5 heteroatoms. The number of nitrogens with one attached hydrogen (secondary N) is 2. The standard InChI is InChI=1S/C18H28N2O3/c1-13(2)12-23-7-5-6-19-17(21)11-20-18(22)16-9-14(3)8-15(4)10-16/h8-10,13H,5-7,11-12H2,1-4H3,(H,19,21)(H,20,22). The lowest BCUT2D eigenvalue weighted by atomic mass is 10.1. The topological polar surface area (TPSA) is 67.4 Å². The van der Waals surface area contributed by atoms with Crippen LogP contribution in [0.3, 0.4) is 0 Å². The first-order valence-corrected chi connectivity index (χ1v) is 8.09. The van der Waals surface area contributed by atoms with E-state index >= 15 is 0 Å². The molecule has 0 saturated carbocycles. The highest BCUT2D eigenvalue weighted by Crippen LogP contribution is 2.08. The number of benzene rings is 1. The SMILES string of the molecule is Cc1cc(C)cc(C(=O)NCC(=O)NCCCOCC(C)C)c1. The predicted octanol–water partition coefficient (Wildman–Crippen LogP) is 2.21. The first-order valence-electron chi connectivity index (χ1n) is 8.09. The van der Waals surface area contributed by atoms with Gasteiger partial charge < -0.3 is 15.4 Å². The molecule has 0 radical (unpaired) electrons. The molecule has 0 aromatic heterocycles. The lowest BCUT2D eigenvalue weighted by Gasteiger charge is -2.09. The number of carbonyl (C=O) groups is 2. The van der Waals surface area contributed by atoms with Gasteiger partial charge in [-0.15, -0.1) is 0 Å². The summed E-state index contributed by atoms with van der Waals surface area (Å²) in [4.78, 5) is 23.7. The van der Waals surface area contributed by atoms with Gasteiger partial charge in [0.1, 0.15) is 0 Å². The highest BCUT2D eigenvalue weighted by atomic mass is 16.5. The van der Waals surface area contributed by atoms with E-state index in [9.17, 15) is 9.59 Å². The van der Waals surface area contributed by atoms with Crippen molar-refractivity contribution in [3.05, 3.63) is 34.9 Å². The Bertz CT molecular complexity index is 507. The summed E-state index contributed by atoms with van der Waals surface area (Å²) in [7, 11) is 0. The first-order chi connectivity index (χ1) is 10.9. The van der Waals surface area contributed by atoms with Crippen LogP contribution >= 0.6 is 0 Å². The molecule has 2 N–H and O–H groups in total. The zero-order valence-corrected chi connectivity index (χ0v) is 14.6. The highest BCUT2D eigenvalue weighted by Gasteiger charge is 2.08. The minimum absolute atomic E-state index is 0.0152. The molecule has 5 nitrogen and oxygen atoms in total. The molecule has 2 amide bonds. The van der Waals surface area contributed by atoms with Gasteiger partial charge in [-0.05, 0) is 38.3 Å². The van der Waals surface area contributed by atoms with Crippen LogP contribution in [0.4, 0.5) is 0 Å². The Morgan fingerprint density at radius 2 is 1.74 bits per heavy atom. The fraction of sp³-hybridized carbons (Fsp3) is 0.556. The molecule has 0 fully saturated rings. The first kappa shape index (κ1) is 19.2. The van der Waals surface area contributed by atoms with Crippen LogP contribution in [-0.4, -0.2) is 38.1 Å². The van der Waals surface area contributed by atoms with Crippen molar-refractivity contribution in [3.63, 3.8) is 0 Å². The fourth-order valence-corrected chi connectivity index (χ4v) is 2.15. The van der Waals surface area contributed by atoms with Crippen molar-refractivity contribution >= 4 is 11.8 Å². The monoisotopic (exact) mass is 320 g/mol. The summed E-state index contributed by atoms with van der Waals surface area (Å²) < 4.78 is 5.43.